The lowest BCUT2D eigenvalue weighted by atomic mass is 9.58. The molecular weight excluding hydrogens is 472 g/mol. The number of ketones is 2. The number of anilines is 1. The molecule has 4 atom stereocenters. The quantitative estimate of drug-likeness (QED) is 0.358. The van der Waals surface area contributed by atoms with Crippen molar-refractivity contribution in [3.05, 3.63) is 50.4 Å². The molecule has 0 saturated carbocycles. The van der Waals surface area contributed by atoms with Crippen LogP contribution in [-0.4, -0.2) is 82.5 Å². The first-order chi connectivity index (χ1) is 16.8. The van der Waals surface area contributed by atoms with Gasteiger partial charge in [0.1, 0.15) is 17.1 Å². The van der Waals surface area contributed by atoms with Crippen molar-refractivity contribution in [2.24, 2.45) is 17.6 Å². The summed E-state index contributed by atoms with van der Waals surface area (Å²) in [7, 11) is 6.73. The van der Waals surface area contributed by atoms with Crippen LogP contribution < -0.4 is 16.4 Å². The monoisotopic (exact) mass is 498 g/mol. The number of H-pyrrole nitrogens is 1. The fraction of sp³-hybridized carbons (Fsp3) is 0.417. The van der Waals surface area contributed by atoms with Crippen LogP contribution >= 0.6 is 0 Å². The molecule has 1 aromatic heterocycles. The van der Waals surface area contributed by atoms with Gasteiger partial charge in [-0.1, -0.05) is 0 Å². The summed E-state index contributed by atoms with van der Waals surface area (Å²) in [6, 6.07) is 0.662. The van der Waals surface area contributed by atoms with E-state index in [-0.39, 0.29) is 35.1 Å². The first-order valence-electron chi connectivity index (χ1n) is 11.3. The topological polar surface area (TPSA) is 190 Å². The molecule has 2 unspecified atom stereocenters. The third-order valence-electron chi connectivity index (χ3n) is 7.59. The molecule has 190 valence electrons. The number of fused-ring (bicyclic) bond motifs is 5. The predicted octanol–water partition coefficient (Wildman–Crippen LogP) is -0.0845. The Bertz CT molecular complexity index is 1490. The lowest BCUT2D eigenvalue weighted by Gasteiger charge is -2.50. The number of carbonyl (C=O) groups is 3. The van der Waals surface area contributed by atoms with Gasteiger partial charge >= 0.3 is 5.76 Å². The van der Waals surface area contributed by atoms with Gasteiger partial charge in [-0.3, -0.25) is 24.3 Å². The van der Waals surface area contributed by atoms with Crippen LogP contribution in [0.15, 0.2) is 37.9 Å². The summed E-state index contributed by atoms with van der Waals surface area (Å²) >= 11 is 0. The van der Waals surface area contributed by atoms with Crippen molar-refractivity contribution in [2.75, 3.05) is 33.1 Å². The highest BCUT2D eigenvalue weighted by molar-refractivity contribution is 6.25. The minimum atomic E-state index is -2.66. The molecule has 0 aliphatic heterocycles. The Balaban J connectivity index is 1.79. The fourth-order valence-electron chi connectivity index (χ4n) is 6.11. The number of carbonyl (C=O) groups excluding carboxylic acids is 3. The summed E-state index contributed by atoms with van der Waals surface area (Å²) in [5, 5.41) is 33.9. The number of aromatic amines is 1. The van der Waals surface area contributed by atoms with E-state index in [9.17, 15) is 34.5 Å². The number of aliphatic hydroxyl groups is 3. The molecule has 0 fully saturated rings. The third kappa shape index (κ3) is 2.88. The molecule has 3 aliphatic carbocycles. The highest BCUT2D eigenvalue weighted by Crippen LogP contribution is 2.52. The largest absolute Gasteiger partial charge is 0.510 e. The second-order valence-corrected chi connectivity index (χ2v) is 10.00. The van der Waals surface area contributed by atoms with Crippen molar-refractivity contribution >= 4 is 34.3 Å². The SMILES string of the molecule is CN(C)c1cc2[nH]c(=O)oc2c2c1CC1C[C@H]3C(N(C)C)C(O)=C(C(N)=O)C(=O)[C@@]3(O)C(O)=C1C2=O. The first kappa shape index (κ1) is 23.8. The molecule has 0 radical (unpaired) electrons. The number of nitrogens with zero attached hydrogens (tertiary/aromatic N) is 2. The smallest absolute Gasteiger partial charge is 0.417 e. The van der Waals surface area contributed by atoms with Gasteiger partial charge in [-0.2, -0.15) is 0 Å². The fourth-order valence-corrected chi connectivity index (χ4v) is 6.11. The van der Waals surface area contributed by atoms with E-state index in [0.717, 1.165) is 0 Å². The molecule has 1 heterocycles. The van der Waals surface area contributed by atoms with Gasteiger partial charge in [-0.25, -0.2) is 4.79 Å². The number of allylic oxidation sites excluding steroid dienone is 1. The van der Waals surface area contributed by atoms with Crippen LogP contribution in [0.25, 0.3) is 11.1 Å². The molecule has 6 N–H and O–H groups in total. The lowest BCUT2D eigenvalue weighted by molar-refractivity contribution is -0.148. The number of aliphatic hydroxyl groups excluding tert-OH is 2. The number of amides is 1. The van der Waals surface area contributed by atoms with Gasteiger partial charge in [0, 0.05) is 31.3 Å². The van der Waals surface area contributed by atoms with Crippen molar-refractivity contribution in [1.82, 2.24) is 9.88 Å². The summed E-state index contributed by atoms with van der Waals surface area (Å²) in [5.74, 6) is -7.17. The lowest BCUT2D eigenvalue weighted by Crippen LogP contribution is -2.63. The van der Waals surface area contributed by atoms with Crippen LogP contribution in [0.4, 0.5) is 5.69 Å². The standard InChI is InChI=1S/C24H26N4O8/c1-27(2)12-7-11-19(36-23(34)26-11)14-9(12)5-8-6-10-16(28(3)4)18(30)15(22(25)33)21(32)24(10,35)20(31)13(8)17(14)29/h7-8,10,16,30-31,35H,5-6H2,1-4H3,(H2,25,33)(H,26,34)/t8?,10-,16?,24-/m0/s1. The maximum atomic E-state index is 13.9. The summed E-state index contributed by atoms with van der Waals surface area (Å²) in [6.07, 6.45) is 0.265. The molecule has 12 heteroatoms. The van der Waals surface area contributed by atoms with E-state index >= 15 is 0 Å². The van der Waals surface area contributed by atoms with Gasteiger partial charge in [0.2, 0.25) is 5.78 Å². The molecule has 1 amide bonds. The number of Topliss-reactive ketones (excluding diaryl/α,β-unsaturated/α-hetero) is 2. The number of likely N-dealkylation sites (N-methyl/N-ethyl adjacent to an activating group) is 1. The zero-order chi connectivity index (χ0) is 26.4. The van der Waals surface area contributed by atoms with Gasteiger partial charge in [-0.05, 0) is 44.5 Å². The van der Waals surface area contributed by atoms with Gasteiger partial charge in [0.05, 0.1) is 17.1 Å². The first-order valence-corrected chi connectivity index (χ1v) is 11.3. The molecule has 2 aromatic rings. The summed E-state index contributed by atoms with van der Waals surface area (Å²) < 4.78 is 5.26. The van der Waals surface area contributed by atoms with Crippen LogP contribution in [0, 0.1) is 11.8 Å². The van der Waals surface area contributed by atoms with E-state index in [0.29, 0.717) is 11.3 Å². The number of oxazole rings is 1. The normalized spacial score (nSPS) is 27.9. The number of primary amides is 1. The van der Waals surface area contributed by atoms with E-state index in [1.165, 1.54) is 4.90 Å². The van der Waals surface area contributed by atoms with Crippen LogP contribution in [0.3, 0.4) is 0 Å². The van der Waals surface area contributed by atoms with Crippen LogP contribution in [-0.2, 0) is 16.0 Å². The van der Waals surface area contributed by atoms with Crippen molar-refractivity contribution in [1.29, 1.82) is 0 Å². The summed E-state index contributed by atoms with van der Waals surface area (Å²) in [5.41, 5.74) is 3.26. The van der Waals surface area contributed by atoms with Gasteiger partial charge in [0.25, 0.3) is 5.91 Å². The van der Waals surface area contributed by atoms with Gasteiger partial charge in [-0.15, -0.1) is 0 Å². The molecule has 1 aromatic carbocycles. The van der Waals surface area contributed by atoms with Gasteiger partial charge < -0.3 is 30.4 Å². The molecule has 0 saturated heterocycles. The molecule has 0 bridgehead atoms. The number of rotatable bonds is 3. The van der Waals surface area contributed by atoms with Gasteiger partial charge in [0.15, 0.2) is 17.0 Å². The predicted molar refractivity (Wildman–Crippen MR) is 127 cm³/mol. The van der Waals surface area contributed by atoms with E-state index in [2.05, 4.69) is 4.98 Å². The molecule has 5 rings (SSSR count). The minimum Gasteiger partial charge on any atom is -0.510 e. The summed E-state index contributed by atoms with van der Waals surface area (Å²) in [4.78, 5) is 57.1. The Kier molecular flexibility index (Phi) is 4.99. The second-order valence-electron chi connectivity index (χ2n) is 10.00. The number of hydrogen-bond donors (Lipinski definition) is 5. The van der Waals surface area contributed by atoms with Crippen molar-refractivity contribution in [2.45, 2.75) is 24.5 Å². The Morgan fingerprint density at radius 3 is 2.44 bits per heavy atom. The van der Waals surface area contributed by atoms with E-state index in [4.69, 9.17) is 10.2 Å². The van der Waals surface area contributed by atoms with E-state index in [1.54, 1.807) is 39.2 Å². The van der Waals surface area contributed by atoms with Crippen LogP contribution in [0.5, 0.6) is 0 Å². The average Bonchev–Trinajstić information content (AvgIpc) is 3.14. The van der Waals surface area contributed by atoms with E-state index < -0.39 is 63.8 Å². The van der Waals surface area contributed by atoms with Crippen LogP contribution in [0.2, 0.25) is 0 Å². The zero-order valence-corrected chi connectivity index (χ0v) is 20.1. The molecule has 36 heavy (non-hydrogen) atoms. The van der Waals surface area contributed by atoms with E-state index in [1.807, 2.05) is 0 Å². The maximum absolute atomic E-state index is 13.9. The third-order valence-corrected chi connectivity index (χ3v) is 7.59. The Hall–Kier alpha value is -3.90. The Labute approximate surface area is 204 Å². The Morgan fingerprint density at radius 2 is 1.86 bits per heavy atom. The van der Waals surface area contributed by atoms with Crippen molar-refractivity contribution in [3.8, 4) is 0 Å². The number of benzene rings is 1. The van der Waals surface area contributed by atoms with Crippen molar-refractivity contribution in [3.63, 3.8) is 0 Å². The van der Waals surface area contributed by atoms with Crippen molar-refractivity contribution < 1.29 is 34.1 Å². The molecule has 0 spiro atoms. The molecule has 3 aliphatic rings. The Morgan fingerprint density at radius 1 is 1.19 bits per heavy atom. The highest BCUT2D eigenvalue weighted by atomic mass is 16.4. The molecular formula is C24H26N4O8. The zero-order valence-electron chi connectivity index (χ0n) is 20.1. The average molecular weight is 498 g/mol. The highest BCUT2D eigenvalue weighted by Gasteiger charge is 2.63. The number of hydrogen-bond acceptors (Lipinski definition) is 10. The number of aromatic nitrogens is 1. The van der Waals surface area contributed by atoms with Crippen LogP contribution in [0.1, 0.15) is 22.3 Å². The maximum Gasteiger partial charge on any atom is 0.417 e. The molecule has 12 nitrogen and oxygen atoms in total. The summed E-state index contributed by atoms with van der Waals surface area (Å²) in [6.45, 7) is 0. The number of nitrogens with two attached hydrogens (primary N) is 1. The minimum absolute atomic E-state index is 0.00923. The number of nitrogens with one attached hydrogen (secondary N) is 1. The second kappa shape index (κ2) is 7.55.